The van der Waals surface area contributed by atoms with Crippen molar-refractivity contribution in [2.75, 3.05) is 0 Å². The molecule has 108 valence electrons. The van der Waals surface area contributed by atoms with E-state index in [9.17, 15) is 4.79 Å². The first-order valence-electron chi connectivity index (χ1n) is 6.35. The Morgan fingerprint density at radius 1 is 1.00 bits per heavy atom. The van der Waals surface area contributed by atoms with E-state index in [1.165, 1.54) is 11.1 Å². The SMILES string of the molecule is Cc1ccc(Cc2ccc(C)c(C(=O)O)c2)cc1.O=C=O. The van der Waals surface area contributed by atoms with Crippen molar-refractivity contribution < 1.29 is 19.5 Å². The van der Waals surface area contributed by atoms with Gasteiger partial charge in [0.2, 0.25) is 0 Å². The quantitative estimate of drug-likeness (QED) is 0.940. The maximum Gasteiger partial charge on any atom is 0.373 e. The number of carboxylic acid groups (broad SMARTS) is 1. The second kappa shape index (κ2) is 7.78. The Morgan fingerprint density at radius 2 is 1.52 bits per heavy atom. The van der Waals surface area contributed by atoms with Crippen LogP contribution in [-0.4, -0.2) is 17.2 Å². The molecule has 4 heteroatoms. The van der Waals surface area contributed by atoms with Crippen LogP contribution in [0.3, 0.4) is 0 Å². The first kappa shape index (κ1) is 16.3. The van der Waals surface area contributed by atoms with Crippen LogP contribution in [0.15, 0.2) is 42.5 Å². The van der Waals surface area contributed by atoms with Crippen LogP contribution >= 0.6 is 0 Å². The summed E-state index contributed by atoms with van der Waals surface area (Å²) in [5.74, 6) is -0.863. The van der Waals surface area contributed by atoms with Crippen LogP contribution in [0.1, 0.15) is 32.6 Å². The lowest BCUT2D eigenvalue weighted by atomic mass is 9.99. The summed E-state index contributed by atoms with van der Waals surface area (Å²) in [6, 6.07) is 13.9. The summed E-state index contributed by atoms with van der Waals surface area (Å²) in [5, 5.41) is 9.09. The van der Waals surface area contributed by atoms with Gasteiger partial charge < -0.3 is 5.11 Å². The highest BCUT2D eigenvalue weighted by atomic mass is 16.4. The average Bonchev–Trinajstić information content (AvgIpc) is 2.44. The molecule has 0 aliphatic rings. The lowest BCUT2D eigenvalue weighted by Crippen LogP contribution is -2.01. The van der Waals surface area contributed by atoms with E-state index < -0.39 is 5.97 Å². The van der Waals surface area contributed by atoms with Gasteiger partial charge in [-0.25, -0.2) is 4.79 Å². The smallest absolute Gasteiger partial charge is 0.373 e. The van der Waals surface area contributed by atoms with E-state index in [1.54, 1.807) is 6.07 Å². The first-order chi connectivity index (χ1) is 9.97. The number of hydrogen-bond acceptors (Lipinski definition) is 3. The number of benzene rings is 2. The Bertz CT molecular complexity index is 651. The molecule has 0 spiro atoms. The van der Waals surface area contributed by atoms with Crippen molar-refractivity contribution in [3.8, 4) is 0 Å². The van der Waals surface area contributed by atoms with E-state index in [0.717, 1.165) is 17.5 Å². The molecule has 21 heavy (non-hydrogen) atoms. The summed E-state index contributed by atoms with van der Waals surface area (Å²) in [6.45, 7) is 3.87. The fourth-order valence-corrected chi connectivity index (χ4v) is 1.95. The summed E-state index contributed by atoms with van der Waals surface area (Å²) in [5.41, 5.74) is 4.64. The second-order valence-electron chi connectivity index (χ2n) is 4.70. The van der Waals surface area contributed by atoms with Gasteiger partial charge in [0.15, 0.2) is 0 Å². The zero-order chi connectivity index (χ0) is 15.8. The lowest BCUT2D eigenvalue weighted by Gasteiger charge is -2.06. The molecular weight excluding hydrogens is 268 g/mol. The Morgan fingerprint density at radius 3 is 2.05 bits per heavy atom. The van der Waals surface area contributed by atoms with E-state index in [-0.39, 0.29) is 6.15 Å². The third kappa shape index (κ3) is 5.05. The highest BCUT2D eigenvalue weighted by Crippen LogP contribution is 2.15. The highest BCUT2D eigenvalue weighted by molar-refractivity contribution is 5.89. The van der Waals surface area contributed by atoms with E-state index in [2.05, 4.69) is 31.2 Å². The Balaban J connectivity index is 0.000000677. The van der Waals surface area contributed by atoms with Crippen molar-refractivity contribution >= 4 is 12.1 Å². The maximum atomic E-state index is 11.1. The molecule has 0 atom stereocenters. The van der Waals surface area contributed by atoms with Crippen molar-refractivity contribution in [2.24, 2.45) is 0 Å². The van der Waals surface area contributed by atoms with Crippen LogP contribution < -0.4 is 0 Å². The molecule has 4 nitrogen and oxygen atoms in total. The van der Waals surface area contributed by atoms with E-state index in [4.69, 9.17) is 14.7 Å². The van der Waals surface area contributed by atoms with Gasteiger partial charge in [0.25, 0.3) is 0 Å². The number of carbonyl (C=O) groups is 1. The number of aryl methyl sites for hydroxylation is 2. The second-order valence-corrected chi connectivity index (χ2v) is 4.70. The van der Waals surface area contributed by atoms with Gasteiger partial charge in [0.05, 0.1) is 5.56 Å². The van der Waals surface area contributed by atoms with Gasteiger partial charge in [-0.15, -0.1) is 0 Å². The minimum Gasteiger partial charge on any atom is -0.478 e. The predicted molar refractivity (Wildman–Crippen MR) is 77.1 cm³/mol. The molecule has 2 aromatic rings. The third-order valence-corrected chi connectivity index (χ3v) is 3.06. The lowest BCUT2D eigenvalue weighted by molar-refractivity contribution is -0.191. The summed E-state index contributed by atoms with van der Waals surface area (Å²) < 4.78 is 0. The molecule has 0 aromatic heterocycles. The summed E-state index contributed by atoms with van der Waals surface area (Å²) >= 11 is 0. The average molecular weight is 284 g/mol. The fraction of sp³-hybridized carbons (Fsp3) is 0.176. The fourth-order valence-electron chi connectivity index (χ4n) is 1.95. The van der Waals surface area contributed by atoms with Crippen LogP contribution in [-0.2, 0) is 16.0 Å². The first-order valence-corrected chi connectivity index (χ1v) is 6.35. The zero-order valence-corrected chi connectivity index (χ0v) is 11.9. The monoisotopic (exact) mass is 284 g/mol. The van der Waals surface area contributed by atoms with Gasteiger partial charge in [-0.1, -0.05) is 42.0 Å². The molecular formula is C17H16O4. The molecule has 0 aliphatic heterocycles. The Labute approximate surface area is 123 Å². The molecule has 0 amide bonds. The number of hydrogen-bond donors (Lipinski definition) is 1. The van der Waals surface area contributed by atoms with Gasteiger partial charge in [0, 0.05) is 0 Å². The topological polar surface area (TPSA) is 71.4 Å². The summed E-state index contributed by atoms with van der Waals surface area (Å²) in [4.78, 5) is 27.3. The number of carboxylic acids is 1. The van der Waals surface area contributed by atoms with E-state index >= 15 is 0 Å². The van der Waals surface area contributed by atoms with Crippen molar-refractivity contribution in [3.05, 3.63) is 70.3 Å². The van der Waals surface area contributed by atoms with Gasteiger partial charge in [-0.2, -0.15) is 9.59 Å². The van der Waals surface area contributed by atoms with Crippen LogP contribution in [0, 0.1) is 13.8 Å². The predicted octanol–water partition coefficient (Wildman–Crippen LogP) is 3.01. The molecule has 0 aliphatic carbocycles. The molecule has 0 saturated heterocycles. The van der Waals surface area contributed by atoms with Gasteiger partial charge in [-0.05, 0) is 43.0 Å². The zero-order valence-electron chi connectivity index (χ0n) is 11.9. The van der Waals surface area contributed by atoms with E-state index in [1.807, 2.05) is 19.1 Å². The third-order valence-electron chi connectivity index (χ3n) is 3.06. The minimum atomic E-state index is -0.863. The van der Waals surface area contributed by atoms with Gasteiger partial charge >= 0.3 is 12.1 Å². The minimum absolute atomic E-state index is 0.250. The Hall–Kier alpha value is -2.71. The number of carbonyl (C=O) groups excluding carboxylic acids is 2. The van der Waals surface area contributed by atoms with Gasteiger partial charge in [0.1, 0.15) is 0 Å². The molecule has 1 N–H and O–H groups in total. The van der Waals surface area contributed by atoms with Crippen LogP contribution in [0.25, 0.3) is 0 Å². The molecule has 0 radical (unpaired) electrons. The molecule has 0 unspecified atom stereocenters. The molecule has 0 heterocycles. The largest absolute Gasteiger partial charge is 0.478 e. The maximum absolute atomic E-state index is 11.1. The molecule has 0 saturated carbocycles. The summed E-state index contributed by atoms with van der Waals surface area (Å²) in [6.07, 6.45) is 1.01. The number of rotatable bonds is 3. The number of aromatic carboxylic acids is 1. The normalized spacial score (nSPS) is 9.24. The van der Waals surface area contributed by atoms with Crippen molar-refractivity contribution in [1.29, 1.82) is 0 Å². The van der Waals surface area contributed by atoms with Crippen molar-refractivity contribution in [1.82, 2.24) is 0 Å². The molecule has 0 fully saturated rings. The molecule has 2 rings (SSSR count). The molecule has 2 aromatic carbocycles. The highest BCUT2D eigenvalue weighted by Gasteiger charge is 2.07. The van der Waals surface area contributed by atoms with Crippen LogP contribution in [0.4, 0.5) is 0 Å². The van der Waals surface area contributed by atoms with Gasteiger partial charge in [-0.3, -0.25) is 0 Å². The van der Waals surface area contributed by atoms with Crippen LogP contribution in [0.2, 0.25) is 0 Å². The van der Waals surface area contributed by atoms with Crippen LogP contribution in [0.5, 0.6) is 0 Å². The molecule has 0 bridgehead atoms. The van der Waals surface area contributed by atoms with E-state index in [0.29, 0.717) is 5.56 Å². The standard InChI is InChI=1S/C16H16O2.CO2/c1-11-3-6-13(7-4-11)9-14-8-5-12(2)15(10-14)16(17)18;2-1-3/h3-8,10H,9H2,1-2H3,(H,17,18);. The summed E-state index contributed by atoms with van der Waals surface area (Å²) in [7, 11) is 0. The van der Waals surface area contributed by atoms with Crippen molar-refractivity contribution in [3.63, 3.8) is 0 Å². The van der Waals surface area contributed by atoms with Crippen molar-refractivity contribution in [2.45, 2.75) is 20.3 Å². The Kier molecular flexibility index (Phi) is 6.05.